The van der Waals surface area contributed by atoms with Gasteiger partial charge in [0.05, 0.1) is 0 Å². The third-order valence-corrected chi connectivity index (χ3v) is 2.48. The lowest BCUT2D eigenvalue weighted by molar-refractivity contribution is 0.0690. The van der Waals surface area contributed by atoms with Crippen LogP contribution >= 0.6 is 0 Å². The molecule has 1 saturated heterocycles. The quantitative estimate of drug-likeness (QED) is 0.746. The van der Waals surface area contributed by atoms with Gasteiger partial charge >= 0.3 is 5.97 Å². The van der Waals surface area contributed by atoms with E-state index in [0.29, 0.717) is 11.3 Å². The Kier molecular flexibility index (Phi) is 3.40. The Hall–Kier alpha value is -1.86. The first-order valence-electron chi connectivity index (χ1n) is 5.50. The van der Waals surface area contributed by atoms with Gasteiger partial charge in [0.15, 0.2) is 0 Å². The van der Waals surface area contributed by atoms with Crippen molar-refractivity contribution < 1.29 is 14.6 Å². The summed E-state index contributed by atoms with van der Waals surface area (Å²) in [5, 5.41) is 8.88. The summed E-state index contributed by atoms with van der Waals surface area (Å²) in [5.74, 6) is 4.91. The van der Waals surface area contributed by atoms with Crippen molar-refractivity contribution in [2.75, 3.05) is 6.61 Å². The maximum absolute atomic E-state index is 10.8. The van der Waals surface area contributed by atoms with Crippen LogP contribution in [0.5, 0.6) is 0 Å². The molecular formula is C13H13NO3. The fraction of sp³-hybridized carbons (Fsp3) is 0.385. The predicted molar refractivity (Wildman–Crippen MR) is 61.8 cm³/mol. The maximum atomic E-state index is 10.8. The number of carbonyl (C=O) groups is 1. The minimum atomic E-state index is -1.03. The molecule has 2 rings (SSSR count). The standard InChI is InChI=1S/C13H13NO3/c1-9-7-10(8-12(14-9)13(15)16)4-5-11-3-2-6-17-11/h7-8,11H,2-3,6H2,1H3,(H,15,16). The van der Waals surface area contributed by atoms with Gasteiger partial charge in [-0.3, -0.25) is 0 Å². The molecule has 4 nitrogen and oxygen atoms in total. The number of aryl methyl sites for hydroxylation is 1. The molecule has 0 spiro atoms. The smallest absolute Gasteiger partial charge is 0.354 e. The largest absolute Gasteiger partial charge is 0.477 e. The molecule has 1 aliphatic rings. The second-order valence-electron chi connectivity index (χ2n) is 3.96. The van der Waals surface area contributed by atoms with Crippen LogP contribution in [-0.4, -0.2) is 28.8 Å². The molecular weight excluding hydrogens is 218 g/mol. The molecule has 0 bridgehead atoms. The van der Waals surface area contributed by atoms with Gasteiger partial charge in [0.1, 0.15) is 11.8 Å². The Labute approximate surface area is 99.6 Å². The van der Waals surface area contributed by atoms with Gasteiger partial charge in [0.2, 0.25) is 0 Å². The Morgan fingerprint density at radius 1 is 1.59 bits per heavy atom. The van der Waals surface area contributed by atoms with Crippen LogP contribution in [0.1, 0.15) is 34.6 Å². The monoisotopic (exact) mass is 231 g/mol. The third kappa shape index (κ3) is 3.05. The van der Waals surface area contributed by atoms with E-state index in [9.17, 15) is 4.79 Å². The molecule has 1 aromatic rings. The van der Waals surface area contributed by atoms with E-state index in [-0.39, 0.29) is 11.8 Å². The van der Waals surface area contributed by atoms with Crippen molar-refractivity contribution in [2.45, 2.75) is 25.9 Å². The molecule has 1 aliphatic heterocycles. The highest BCUT2D eigenvalue weighted by molar-refractivity contribution is 5.85. The zero-order valence-corrected chi connectivity index (χ0v) is 9.56. The second-order valence-corrected chi connectivity index (χ2v) is 3.96. The summed E-state index contributed by atoms with van der Waals surface area (Å²) in [7, 11) is 0. The molecule has 1 fully saturated rings. The van der Waals surface area contributed by atoms with Crippen molar-refractivity contribution in [2.24, 2.45) is 0 Å². The zero-order chi connectivity index (χ0) is 12.3. The zero-order valence-electron chi connectivity index (χ0n) is 9.56. The molecule has 1 atom stereocenters. The molecule has 1 N–H and O–H groups in total. The van der Waals surface area contributed by atoms with Crippen LogP contribution in [0.3, 0.4) is 0 Å². The van der Waals surface area contributed by atoms with Crippen molar-refractivity contribution in [3.63, 3.8) is 0 Å². The van der Waals surface area contributed by atoms with Crippen molar-refractivity contribution in [1.82, 2.24) is 4.98 Å². The molecule has 1 aromatic heterocycles. The van der Waals surface area contributed by atoms with Crippen LogP contribution in [0.25, 0.3) is 0 Å². The van der Waals surface area contributed by atoms with E-state index in [1.807, 2.05) is 0 Å². The molecule has 0 radical (unpaired) electrons. The first kappa shape index (κ1) is 11.6. The van der Waals surface area contributed by atoms with Gasteiger partial charge in [-0.05, 0) is 31.9 Å². The van der Waals surface area contributed by atoms with Gasteiger partial charge in [0.25, 0.3) is 0 Å². The number of aromatic nitrogens is 1. The number of rotatable bonds is 1. The highest BCUT2D eigenvalue weighted by Crippen LogP contribution is 2.11. The molecule has 2 heterocycles. The van der Waals surface area contributed by atoms with Crippen molar-refractivity contribution in [3.05, 3.63) is 29.1 Å². The molecule has 1 unspecified atom stereocenters. The Morgan fingerprint density at radius 3 is 3.06 bits per heavy atom. The van der Waals surface area contributed by atoms with Crippen LogP contribution in [0.4, 0.5) is 0 Å². The fourth-order valence-corrected chi connectivity index (χ4v) is 1.71. The van der Waals surface area contributed by atoms with Crippen LogP contribution in [0, 0.1) is 18.8 Å². The summed E-state index contributed by atoms with van der Waals surface area (Å²) in [6.45, 7) is 2.51. The van der Waals surface area contributed by atoms with E-state index < -0.39 is 5.97 Å². The highest BCUT2D eigenvalue weighted by Gasteiger charge is 2.12. The Morgan fingerprint density at radius 2 is 2.41 bits per heavy atom. The van der Waals surface area contributed by atoms with Crippen LogP contribution in [0.2, 0.25) is 0 Å². The number of pyridine rings is 1. The molecule has 0 saturated carbocycles. The minimum absolute atomic E-state index is 0.0169. The normalized spacial score (nSPS) is 18.5. The Bertz CT molecular complexity index is 493. The maximum Gasteiger partial charge on any atom is 0.354 e. The fourth-order valence-electron chi connectivity index (χ4n) is 1.71. The number of carboxylic acid groups (broad SMARTS) is 1. The third-order valence-electron chi connectivity index (χ3n) is 2.48. The lowest BCUT2D eigenvalue weighted by Crippen LogP contribution is -2.03. The van der Waals surface area contributed by atoms with Gasteiger partial charge in [-0.1, -0.05) is 11.8 Å². The molecule has 4 heteroatoms. The summed E-state index contributed by atoms with van der Waals surface area (Å²) in [4.78, 5) is 14.7. The number of hydrogen-bond donors (Lipinski definition) is 1. The SMILES string of the molecule is Cc1cc(C#CC2CCCO2)cc(C(=O)O)n1. The van der Waals surface area contributed by atoms with Crippen LogP contribution in [0.15, 0.2) is 12.1 Å². The number of ether oxygens (including phenoxy) is 1. The lowest BCUT2D eigenvalue weighted by Gasteiger charge is -1.99. The number of aromatic carboxylic acids is 1. The topological polar surface area (TPSA) is 59.4 Å². The van der Waals surface area contributed by atoms with Gasteiger partial charge in [0, 0.05) is 17.9 Å². The summed E-state index contributed by atoms with van der Waals surface area (Å²) < 4.78 is 5.38. The van der Waals surface area contributed by atoms with Crippen LogP contribution < -0.4 is 0 Å². The van der Waals surface area contributed by atoms with Gasteiger partial charge in [-0.2, -0.15) is 0 Å². The van der Waals surface area contributed by atoms with Crippen LogP contribution in [-0.2, 0) is 4.74 Å². The second kappa shape index (κ2) is 4.98. The molecule has 17 heavy (non-hydrogen) atoms. The van der Waals surface area contributed by atoms with E-state index in [1.165, 1.54) is 6.07 Å². The molecule has 0 aliphatic carbocycles. The van der Waals surface area contributed by atoms with E-state index >= 15 is 0 Å². The minimum Gasteiger partial charge on any atom is -0.477 e. The molecule has 0 amide bonds. The van der Waals surface area contributed by atoms with Crippen molar-refractivity contribution in [1.29, 1.82) is 0 Å². The first-order valence-corrected chi connectivity index (χ1v) is 5.50. The van der Waals surface area contributed by atoms with E-state index in [2.05, 4.69) is 16.8 Å². The lowest BCUT2D eigenvalue weighted by atomic mass is 10.1. The van der Waals surface area contributed by atoms with Crippen molar-refractivity contribution in [3.8, 4) is 11.8 Å². The summed E-state index contributed by atoms with van der Waals surface area (Å²) in [5.41, 5.74) is 1.36. The van der Waals surface area contributed by atoms with E-state index in [1.54, 1.807) is 13.0 Å². The Balaban J connectivity index is 2.22. The van der Waals surface area contributed by atoms with Gasteiger partial charge in [-0.25, -0.2) is 9.78 Å². The number of carboxylic acids is 1. The summed E-state index contributed by atoms with van der Waals surface area (Å²) >= 11 is 0. The average molecular weight is 231 g/mol. The summed E-state index contributed by atoms with van der Waals surface area (Å²) in [6, 6.07) is 3.26. The molecule has 88 valence electrons. The van der Waals surface area contributed by atoms with Gasteiger partial charge in [-0.15, -0.1) is 0 Å². The van der Waals surface area contributed by atoms with Gasteiger partial charge < -0.3 is 9.84 Å². The first-order chi connectivity index (χ1) is 8.15. The van der Waals surface area contributed by atoms with Crippen molar-refractivity contribution >= 4 is 5.97 Å². The number of nitrogens with zero attached hydrogens (tertiary/aromatic N) is 1. The van der Waals surface area contributed by atoms with E-state index in [4.69, 9.17) is 9.84 Å². The highest BCUT2D eigenvalue weighted by atomic mass is 16.5. The molecule has 0 aromatic carbocycles. The summed E-state index contributed by atoms with van der Waals surface area (Å²) in [6.07, 6.45) is 1.97. The predicted octanol–water partition coefficient (Wildman–Crippen LogP) is 1.62. The number of hydrogen-bond acceptors (Lipinski definition) is 3. The van der Waals surface area contributed by atoms with E-state index in [0.717, 1.165) is 19.4 Å². The average Bonchev–Trinajstić information content (AvgIpc) is 2.78.